The van der Waals surface area contributed by atoms with Crippen LogP contribution in [0.15, 0.2) is 54.6 Å². The van der Waals surface area contributed by atoms with Crippen LogP contribution in [0.4, 0.5) is 18.9 Å². The number of halogens is 3. The molecule has 2 aromatic carbocycles. The number of fused-ring (bicyclic) bond motifs is 1. The molecule has 4 rings (SSSR count). The summed E-state index contributed by atoms with van der Waals surface area (Å²) >= 11 is 0.744. The van der Waals surface area contributed by atoms with Crippen molar-refractivity contribution in [1.29, 1.82) is 0 Å². The number of anilines is 1. The second-order valence-corrected chi connectivity index (χ2v) is 7.24. The number of ether oxygens (including phenoxy) is 1. The van der Waals surface area contributed by atoms with Crippen molar-refractivity contribution in [3.8, 4) is 16.9 Å². The molecular weight excluding hydrogens is 359 g/mol. The van der Waals surface area contributed by atoms with Gasteiger partial charge in [-0.3, -0.25) is 0 Å². The van der Waals surface area contributed by atoms with Crippen LogP contribution in [-0.2, 0) is 19.2 Å². The Balaban J connectivity index is 1.58. The third kappa shape index (κ3) is 3.42. The van der Waals surface area contributed by atoms with Crippen LogP contribution in [0.2, 0.25) is 0 Å². The van der Waals surface area contributed by atoms with E-state index < -0.39 is 11.1 Å². The monoisotopic (exact) mass is 375 g/mol. The summed E-state index contributed by atoms with van der Waals surface area (Å²) in [5.41, 5.74) is 3.04. The Morgan fingerprint density at radius 1 is 1.04 bits per heavy atom. The average molecular weight is 375 g/mol. The maximum absolute atomic E-state index is 13.4. The fourth-order valence-corrected chi connectivity index (χ4v) is 4.04. The molecule has 2 nitrogen and oxygen atoms in total. The maximum atomic E-state index is 13.4. The zero-order chi connectivity index (χ0) is 18.1. The van der Waals surface area contributed by atoms with E-state index in [4.69, 9.17) is 4.74 Å². The Labute approximate surface area is 153 Å². The Hall–Kier alpha value is -2.47. The number of benzene rings is 2. The van der Waals surface area contributed by atoms with E-state index in [0.29, 0.717) is 16.2 Å². The first kappa shape index (κ1) is 17.0. The van der Waals surface area contributed by atoms with E-state index >= 15 is 0 Å². The number of alkyl halides is 3. The summed E-state index contributed by atoms with van der Waals surface area (Å²) in [5.74, 6) is 0.677. The van der Waals surface area contributed by atoms with Crippen LogP contribution < -0.4 is 10.1 Å². The van der Waals surface area contributed by atoms with Crippen molar-refractivity contribution >= 4 is 17.0 Å². The topological polar surface area (TPSA) is 21.3 Å². The van der Waals surface area contributed by atoms with Gasteiger partial charge in [-0.15, -0.1) is 11.3 Å². The van der Waals surface area contributed by atoms with Gasteiger partial charge in [0.1, 0.15) is 17.2 Å². The number of thiophene rings is 1. The van der Waals surface area contributed by atoms with Crippen molar-refractivity contribution in [2.45, 2.75) is 19.2 Å². The maximum Gasteiger partial charge on any atom is 0.426 e. The number of hydrogen-bond donors (Lipinski definition) is 1. The molecule has 3 aromatic rings. The van der Waals surface area contributed by atoms with E-state index in [2.05, 4.69) is 5.32 Å². The van der Waals surface area contributed by atoms with Gasteiger partial charge >= 0.3 is 6.18 Å². The molecule has 26 heavy (non-hydrogen) atoms. The van der Waals surface area contributed by atoms with Crippen molar-refractivity contribution < 1.29 is 17.9 Å². The molecule has 0 amide bonds. The van der Waals surface area contributed by atoms with Gasteiger partial charge in [0.2, 0.25) is 0 Å². The second-order valence-electron chi connectivity index (χ2n) is 6.10. The average Bonchev–Trinajstić information content (AvgIpc) is 3.27. The molecule has 0 radical (unpaired) electrons. The van der Waals surface area contributed by atoms with Crippen molar-refractivity contribution in [1.82, 2.24) is 0 Å². The Bertz CT molecular complexity index is 919. The van der Waals surface area contributed by atoms with E-state index in [0.717, 1.165) is 30.0 Å². The molecule has 1 N–H and O–H groups in total. The predicted molar refractivity (Wildman–Crippen MR) is 97.7 cm³/mol. The molecule has 0 fully saturated rings. The van der Waals surface area contributed by atoms with E-state index in [1.807, 2.05) is 18.2 Å². The molecule has 0 unspecified atom stereocenters. The molecule has 6 heteroatoms. The minimum absolute atomic E-state index is 0.118. The Morgan fingerprint density at radius 3 is 2.62 bits per heavy atom. The molecule has 1 aromatic heterocycles. The van der Waals surface area contributed by atoms with Crippen molar-refractivity contribution in [2.75, 3.05) is 11.9 Å². The Morgan fingerprint density at radius 2 is 1.85 bits per heavy atom. The Kier molecular flexibility index (Phi) is 4.36. The van der Waals surface area contributed by atoms with Gasteiger partial charge in [0, 0.05) is 22.7 Å². The van der Waals surface area contributed by atoms with Crippen LogP contribution in [0.1, 0.15) is 15.3 Å². The van der Waals surface area contributed by atoms with Crippen LogP contribution in [0.3, 0.4) is 0 Å². The zero-order valence-corrected chi connectivity index (χ0v) is 14.6. The van der Waals surface area contributed by atoms with E-state index in [9.17, 15) is 13.2 Å². The van der Waals surface area contributed by atoms with Crippen LogP contribution >= 0.6 is 11.3 Å². The van der Waals surface area contributed by atoms with E-state index in [1.165, 1.54) is 5.56 Å². The first-order valence-electron chi connectivity index (χ1n) is 8.25. The van der Waals surface area contributed by atoms with Gasteiger partial charge in [-0.25, -0.2) is 0 Å². The van der Waals surface area contributed by atoms with Crippen LogP contribution in [0, 0.1) is 0 Å². The minimum atomic E-state index is -4.38. The minimum Gasteiger partial charge on any atom is -0.488 e. The highest BCUT2D eigenvalue weighted by Gasteiger charge is 2.36. The number of nitrogens with one attached hydrogen (secondary N) is 1. The van der Waals surface area contributed by atoms with Gasteiger partial charge < -0.3 is 10.1 Å². The summed E-state index contributed by atoms with van der Waals surface area (Å²) in [6.07, 6.45) is -3.45. The summed E-state index contributed by atoms with van der Waals surface area (Å²) in [5, 5.41) is 3.27. The molecule has 0 spiro atoms. The van der Waals surface area contributed by atoms with Gasteiger partial charge in [-0.1, -0.05) is 30.3 Å². The van der Waals surface area contributed by atoms with Gasteiger partial charge in [-0.2, -0.15) is 13.2 Å². The summed E-state index contributed by atoms with van der Waals surface area (Å²) in [6, 6.07) is 16.0. The highest BCUT2D eigenvalue weighted by Crippen LogP contribution is 2.43. The van der Waals surface area contributed by atoms with Crippen molar-refractivity contribution in [2.24, 2.45) is 0 Å². The standard InChI is InChI=1S/C20H16F3NOS/c21-20(22,23)19-17(13-4-2-1-3-5-13)11-16(26-19)12-25-15-6-7-18-14(10-15)8-9-24-18/h1-7,10-11,24H,8-9,12H2. The number of rotatable bonds is 4. The third-order valence-electron chi connectivity index (χ3n) is 4.29. The highest BCUT2D eigenvalue weighted by atomic mass is 32.1. The lowest BCUT2D eigenvalue weighted by molar-refractivity contribution is -0.133. The molecule has 1 aliphatic heterocycles. The molecular formula is C20H16F3NOS. The lowest BCUT2D eigenvalue weighted by atomic mass is 10.1. The van der Waals surface area contributed by atoms with Crippen LogP contribution in [-0.4, -0.2) is 6.54 Å². The summed E-state index contributed by atoms with van der Waals surface area (Å²) in [7, 11) is 0. The molecule has 0 saturated carbocycles. The van der Waals surface area contributed by atoms with E-state index in [1.54, 1.807) is 36.4 Å². The van der Waals surface area contributed by atoms with Gasteiger partial charge in [-0.05, 0) is 41.8 Å². The zero-order valence-electron chi connectivity index (χ0n) is 13.8. The molecule has 0 atom stereocenters. The normalized spacial score (nSPS) is 13.3. The summed E-state index contributed by atoms with van der Waals surface area (Å²) in [6.45, 7) is 1.02. The predicted octanol–water partition coefficient (Wildman–Crippen LogP) is 5.98. The lowest BCUT2D eigenvalue weighted by Gasteiger charge is -2.07. The largest absolute Gasteiger partial charge is 0.488 e. The lowest BCUT2D eigenvalue weighted by Crippen LogP contribution is -2.03. The molecule has 0 bridgehead atoms. The van der Waals surface area contributed by atoms with Crippen molar-refractivity contribution in [3.05, 3.63) is 69.9 Å². The first-order valence-corrected chi connectivity index (χ1v) is 9.07. The van der Waals surface area contributed by atoms with Gasteiger partial charge in [0.05, 0.1) is 0 Å². The molecule has 1 aliphatic rings. The smallest absolute Gasteiger partial charge is 0.426 e. The second kappa shape index (κ2) is 6.68. The quantitative estimate of drug-likeness (QED) is 0.606. The summed E-state index contributed by atoms with van der Waals surface area (Å²) in [4.78, 5) is -0.0322. The first-order chi connectivity index (χ1) is 12.5. The molecule has 0 saturated heterocycles. The third-order valence-corrected chi connectivity index (χ3v) is 5.45. The van der Waals surface area contributed by atoms with Gasteiger partial charge in [0.25, 0.3) is 0 Å². The summed E-state index contributed by atoms with van der Waals surface area (Å²) < 4.78 is 46.0. The van der Waals surface area contributed by atoms with Crippen LogP contribution in [0.25, 0.3) is 11.1 Å². The van der Waals surface area contributed by atoms with Crippen molar-refractivity contribution in [3.63, 3.8) is 0 Å². The van der Waals surface area contributed by atoms with Gasteiger partial charge in [0.15, 0.2) is 0 Å². The molecule has 2 heterocycles. The fraction of sp³-hybridized carbons (Fsp3) is 0.200. The van der Waals surface area contributed by atoms with Crippen LogP contribution in [0.5, 0.6) is 5.75 Å². The number of hydrogen-bond acceptors (Lipinski definition) is 3. The molecule has 134 valence electrons. The highest BCUT2D eigenvalue weighted by molar-refractivity contribution is 7.12. The molecule has 0 aliphatic carbocycles. The van der Waals surface area contributed by atoms with E-state index in [-0.39, 0.29) is 12.2 Å². The fourth-order valence-electron chi connectivity index (χ4n) is 3.08. The SMILES string of the molecule is FC(F)(F)c1sc(COc2ccc3c(c2)CCN3)cc1-c1ccccc1.